The van der Waals surface area contributed by atoms with Crippen LogP contribution in [0.15, 0.2) is 36.4 Å². The molecule has 0 saturated heterocycles. The lowest BCUT2D eigenvalue weighted by molar-refractivity contribution is -0.119. The van der Waals surface area contributed by atoms with Crippen LogP contribution in [0.4, 0.5) is 18.9 Å². The first kappa shape index (κ1) is 13.6. The quantitative estimate of drug-likeness (QED) is 0.925. The zero-order valence-electron chi connectivity index (χ0n) is 10.8. The minimum absolute atomic E-state index is 0.0106. The van der Waals surface area contributed by atoms with Gasteiger partial charge < -0.3 is 10.6 Å². The molecule has 1 atom stereocenters. The molecule has 108 valence electrons. The summed E-state index contributed by atoms with van der Waals surface area (Å²) in [6.07, 6.45) is 0. The van der Waals surface area contributed by atoms with Crippen molar-refractivity contribution in [3.8, 4) is 0 Å². The van der Waals surface area contributed by atoms with E-state index in [1.165, 1.54) is 29.2 Å². The molecule has 0 saturated carbocycles. The van der Waals surface area contributed by atoms with Crippen molar-refractivity contribution in [2.24, 2.45) is 5.73 Å². The fraction of sp³-hybridized carbons (Fsp3) is 0.133. The lowest BCUT2D eigenvalue weighted by Gasteiger charge is -2.17. The fourth-order valence-corrected chi connectivity index (χ4v) is 2.45. The number of amides is 1. The van der Waals surface area contributed by atoms with Crippen LogP contribution in [0, 0.1) is 17.5 Å². The Labute approximate surface area is 118 Å². The summed E-state index contributed by atoms with van der Waals surface area (Å²) in [6, 6.07) is 6.14. The SMILES string of the molecule is NC1C(=O)N(Cc2ccc(F)cc2)c2cc(F)cc(F)c21. The Hall–Kier alpha value is -2.34. The van der Waals surface area contributed by atoms with Gasteiger partial charge in [0.1, 0.15) is 23.5 Å². The third-order valence-corrected chi connectivity index (χ3v) is 3.46. The molecule has 1 aliphatic heterocycles. The lowest BCUT2D eigenvalue weighted by Crippen LogP contribution is -2.31. The Morgan fingerprint density at radius 3 is 2.38 bits per heavy atom. The molecule has 0 spiro atoms. The van der Waals surface area contributed by atoms with Crippen LogP contribution in [0.2, 0.25) is 0 Å². The standard InChI is InChI=1S/C15H11F3N2O/c16-9-3-1-8(2-4-9)7-20-12-6-10(17)5-11(18)13(12)14(19)15(20)21/h1-6,14H,7,19H2. The van der Waals surface area contributed by atoms with Gasteiger partial charge in [0.05, 0.1) is 12.2 Å². The van der Waals surface area contributed by atoms with Gasteiger partial charge in [-0.25, -0.2) is 13.2 Å². The molecule has 0 fully saturated rings. The van der Waals surface area contributed by atoms with Gasteiger partial charge in [-0.05, 0) is 23.8 Å². The molecule has 2 aromatic rings. The van der Waals surface area contributed by atoms with Crippen LogP contribution in [-0.4, -0.2) is 5.91 Å². The van der Waals surface area contributed by atoms with Gasteiger partial charge in [0, 0.05) is 11.6 Å². The smallest absolute Gasteiger partial charge is 0.249 e. The Kier molecular flexibility index (Phi) is 3.17. The Bertz CT molecular complexity index is 716. The largest absolute Gasteiger partial charge is 0.316 e. The van der Waals surface area contributed by atoms with Gasteiger partial charge >= 0.3 is 0 Å². The Balaban J connectivity index is 2.01. The molecule has 3 nitrogen and oxygen atoms in total. The molecule has 21 heavy (non-hydrogen) atoms. The van der Waals surface area contributed by atoms with E-state index in [4.69, 9.17) is 5.73 Å². The van der Waals surface area contributed by atoms with Crippen LogP contribution in [0.3, 0.4) is 0 Å². The van der Waals surface area contributed by atoms with Crippen LogP contribution in [0.1, 0.15) is 17.2 Å². The van der Waals surface area contributed by atoms with Gasteiger partial charge in [0.25, 0.3) is 0 Å². The van der Waals surface area contributed by atoms with Crippen molar-refractivity contribution in [2.45, 2.75) is 12.6 Å². The summed E-state index contributed by atoms with van der Waals surface area (Å²) in [6.45, 7) is 0.0721. The van der Waals surface area contributed by atoms with Crippen molar-refractivity contribution < 1.29 is 18.0 Å². The maximum atomic E-state index is 13.8. The average molecular weight is 292 g/mol. The first-order valence-electron chi connectivity index (χ1n) is 6.27. The number of anilines is 1. The molecule has 1 unspecified atom stereocenters. The van der Waals surface area contributed by atoms with E-state index in [-0.39, 0.29) is 17.8 Å². The topological polar surface area (TPSA) is 46.3 Å². The van der Waals surface area contributed by atoms with Crippen LogP contribution >= 0.6 is 0 Å². The summed E-state index contributed by atoms with van der Waals surface area (Å²) >= 11 is 0. The highest BCUT2D eigenvalue weighted by atomic mass is 19.1. The van der Waals surface area contributed by atoms with E-state index in [0.717, 1.165) is 6.07 Å². The van der Waals surface area contributed by atoms with E-state index >= 15 is 0 Å². The zero-order valence-corrected chi connectivity index (χ0v) is 10.8. The molecule has 0 bridgehead atoms. The number of nitrogens with two attached hydrogens (primary N) is 1. The summed E-state index contributed by atoms with van der Waals surface area (Å²) in [7, 11) is 0. The summed E-state index contributed by atoms with van der Waals surface area (Å²) in [5, 5.41) is 0. The number of hydrogen-bond acceptors (Lipinski definition) is 2. The van der Waals surface area contributed by atoms with Crippen molar-refractivity contribution in [1.82, 2.24) is 0 Å². The Morgan fingerprint density at radius 2 is 1.71 bits per heavy atom. The number of carbonyl (C=O) groups is 1. The van der Waals surface area contributed by atoms with Crippen molar-refractivity contribution in [3.63, 3.8) is 0 Å². The molecular weight excluding hydrogens is 281 g/mol. The Morgan fingerprint density at radius 1 is 1.05 bits per heavy atom. The zero-order chi connectivity index (χ0) is 15.1. The molecule has 2 N–H and O–H groups in total. The normalized spacial score (nSPS) is 17.2. The predicted molar refractivity (Wildman–Crippen MR) is 70.9 cm³/mol. The van der Waals surface area contributed by atoms with Gasteiger partial charge in [-0.15, -0.1) is 0 Å². The monoisotopic (exact) mass is 292 g/mol. The van der Waals surface area contributed by atoms with Crippen molar-refractivity contribution in [2.75, 3.05) is 4.90 Å². The summed E-state index contributed by atoms with van der Waals surface area (Å²) in [4.78, 5) is 13.3. The molecular formula is C15H11F3N2O. The molecule has 2 aromatic carbocycles. The number of nitrogens with zero attached hydrogens (tertiary/aromatic N) is 1. The number of rotatable bonds is 2. The van der Waals surface area contributed by atoms with Crippen molar-refractivity contribution in [3.05, 3.63) is 65.0 Å². The second-order valence-electron chi connectivity index (χ2n) is 4.85. The van der Waals surface area contributed by atoms with Crippen LogP contribution < -0.4 is 10.6 Å². The molecule has 1 amide bonds. The minimum atomic E-state index is -1.15. The van der Waals surface area contributed by atoms with Gasteiger partial charge in [-0.2, -0.15) is 0 Å². The first-order chi connectivity index (χ1) is 9.97. The highest BCUT2D eigenvalue weighted by Gasteiger charge is 2.37. The number of benzene rings is 2. The van der Waals surface area contributed by atoms with Gasteiger partial charge in [-0.1, -0.05) is 12.1 Å². The van der Waals surface area contributed by atoms with E-state index < -0.39 is 29.4 Å². The lowest BCUT2D eigenvalue weighted by atomic mass is 10.1. The summed E-state index contributed by atoms with van der Waals surface area (Å²) < 4.78 is 40.0. The van der Waals surface area contributed by atoms with E-state index in [1.54, 1.807) is 0 Å². The molecule has 0 radical (unpaired) electrons. The third kappa shape index (κ3) is 2.27. The van der Waals surface area contributed by atoms with Crippen molar-refractivity contribution in [1.29, 1.82) is 0 Å². The van der Waals surface area contributed by atoms with Crippen LogP contribution in [0.25, 0.3) is 0 Å². The van der Waals surface area contributed by atoms with Crippen LogP contribution in [0.5, 0.6) is 0 Å². The molecule has 1 heterocycles. The highest BCUT2D eigenvalue weighted by Crippen LogP contribution is 2.37. The average Bonchev–Trinajstić information content (AvgIpc) is 2.66. The van der Waals surface area contributed by atoms with E-state index in [1.807, 2.05) is 0 Å². The highest BCUT2D eigenvalue weighted by molar-refractivity contribution is 6.04. The number of hydrogen-bond donors (Lipinski definition) is 1. The minimum Gasteiger partial charge on any atom is -0.316 e. The first-order valence-corrected chi connectivity index (χ1v) is 6.27. The van der Waals surface area contributed by atoms with E-state index in [9.17, 15) is 18.0 Å². The van der Waals surface area contributed by atoms with E-state index in [0.29, 0.717) is 11.6 Å². The molecule has 0 aliphatic carbocycles. The number of carbonyl (C=O) groups excluding carboxylic acids is 1. The van der Waals surface area contributed by atoms with Gasteiger partial charge in [0.15, 0.2) is 0 Å². The third-order valence-electron chi connectivity index (χ3n) is 3.46. The molecule has 3 rings (SSSR count). The van der Waals surface area contributed by atoms with Crippen LogP contribution in [-0.2, 0) is 11.3 Å². The molecule has 0 aromatic heterocycles. The van der Waals surface area contributed by atoms with Gasteiger partial charge in [-0.3, -0.25) is 4.79 Å². The van der Waals surface area contributed by atoms with Crippen molar-refractivity contribution >= 4 is 11.6 Å². The van der Waals surface area contributed by atoms with E-state index in [2.05, 4.69) is 0 Å². The maximum absolute atomic E-state index is 13.8. The van der Waals surface area contributed by atoms with Gasteiger partial charge in [0.2, 0.25) is 5.91 Å². The maximum Gasteiger partial charge on any atom is 0.249 e. The second kappa shape index (κ2) is 4.89. The number of halogens is 3. The molecule has 6 heteroatoms. The predicted octanol–water partition coefficient (Wildman–Crippen LogP) is 2.65. The summed E-state index contributed by atoms with van der Waals surface area (Å²) in [5.41, 5.74) is 6.44. The number of fused-ring (bicyclic) bond motifs is 1. The molecule has 1 aliphatic rings. The summed E-state index contributed by atoms with van der Waals surface area (Å²) in [5.74, 6) is -2.54. The second-order valence-corrected chi connectivity index (χ2v) is 4.85. The fourth-order valence-electron chi connectivity index (χ4n) is 2.45.